The Balaban J connectivity index is 1.67. The van der Waals surface area contributed by atoms with E-state index >= 15 is 0 Å². The molecule has 1 aliphatic rings. The molecular weight excluding hydrogens is 314 g/mol. The first kappa shape index (κ1) is 16.7. The van der Waals surface area contributed by atoms with E-state index in [0.29, 0.717) is 18.4 Å². The minimum absolute atomic E-state index is 0.00597. The van der Waals surface area contributed by atoms with Crippen molar-refractivity contribution in [3.63, 3.8) is 0 Å². The molecule has 0 spiro atoms. The Labute approximate surface area is 146 Å². The van der Waals surface area contributed by atoms with Gasteiger partial charge < -0.3 is 10.6 Å². The average molecular weight is 333 g/mol. The predicted octanol–water partition coefficient (Wildman–Crippen LogP) is 2.24. The maximum Gasteiger partial charge on any atom is 0.224 e. The van der Waals surface area contributed by atoms with Gasteiger partial charge in [-0.3, -0.25) is 9.59 Å². The van der Waals surface area contributed by atoms with Gasteiger partial charge in [0, 0.05) is 6.42 Å². The molecule has 1 aliphatic heterocycles. The number of rotatable bonds is 4. The molecule has 0 saturated carbocycles. The number of piperidine rings is 1. The Kier molecular flexibility index (Phi) is 5.10. The van der Waals surface area contributed by atoms with Crippen molar-refractivity contribution < 1.29 is 9.59 Å². The molecule has 0 bridgehead atoms. The summed E-state index contributed by atoms with van der Waals surface area (Å²) in [5.41, 5.74) is 2.41. The van der Waals surface area contributed by atoms with Crippen LogP contribution >= 0.6 is 0 Å². The second kappa shape index (κ2) is 7.63. The van der Waals surface area contributed by atoms with E-state index in [9.17, 15) is 9.59 Å². The molecule has 5 nitrogen and oxygen atoms in total. The normalized spacial score (nSPS) is 19.6. The van der Waals surface area contributed by atoms with Crippen LogP contribution in [-0.4, -0.2) is 17.9 Å². The van der Waals surface area contributed by atoms with E-state index in [1.54, 1.807) is 24.3 Å². The lowest BCUT2D eigenvalue weighted by Crippen LogP contribution is -2.50. The first-order valence-electron chi connectivity index (χ1n) is 8.28. The van der Waals surface area contributed by atoms with Crippen LogP contribution in [0.3, 0.4) is 0 Å². The van der Waals surface area contributed by atoms with E-state index in [4.69, 9.17) is 5.26 Å². The number of hydrogen-bond donors (Lipinski definition) is 2. The SMILES string of the molecule is N#Cc1ccc(CC(=O)N[C@@H]2CCC(=O)N[C@H]2c2ccccc2)cc1. The fraction of sp³-hybridized carbons (Fsp3) is 0.250. The van der Waals surface area contributed by atoms with Crippen LogP contribution in [0, 0.1) is 11.3 Å². The van der Waals surface area contributed by atoms with Gasteiger partial charge >= 0.3 is 0 Å². The molecular formula is C20H19N3O2. The Hall–Kier alpha value is -3.13. The van der Waals surface area contributed by atoms with Crippen molar-refractivity contribution in [3.05, 3.63) is 71.3 Å². The molecule has 0 radical (unpaired) electrons. The highest BCUT2D eigenvalue weighted by atomic mass is 16.2. The summed E-state index contributed by atoms with van der Waals surface area (Å²) < 4.78 is 0. The Morgan fingerprint density at radius 3 is 2.56 bits per heavy atom. The van der Waals surface area contributed by atoms with Gasteiger partial charge in [0.25, 0.3) is 0 Å². The molecule has 1 fully saturated rings. The zero-order valence-electron chi connectivity index (χ0n) is 13.7. The summed E-state index contributed by atoms with van der Waals surface area (Å²) in [6.07, 6.45) is 1.27. The smallest absolute Gasteiger partial charge is 0.224 e. The summed E-state index contributed by atoms with van der Waals surface area (Å²) in [7, 11) is 0. The van der Waals surface area contributed by atoms with Gasteiger partial charge in [-0.15, -0.1) is 0 Å². The van der Waals surface area contributed by atoms with Crippen LogP contribution in [0.4, 0.5) is 0 Å². The number of nitrogens with one attached hydrogen (secondary N) is 2. The van der Waals surface area contributed by atoms with E-state index in [1.165, 1.54) is 0 Å². The van der Waals surface area contributed by atoms with Crippen molar-refractivity contribution in [1.29, 1.82) is 5.26 Å². The van der Waals surface area contributed by atoms with Gasteiger partial charge in [0.1, 0.15) is 0 Å². The molecule has 2 N–H and O–H groups in total. The predicted molar refractivity (Wildman–Crippen MR) is 93.4 cm³/mol. The minimum atomic E-state index is -0.215. The van der Waals surface area contributed by atoms with Gasteiger partial charge in [0.2, 0.25) is 11.8 Å². The van der Waals surface area contributed by atoms with E-state index in [2.05, 4.69) is 16.7 Å². The molecule has 0 unspecified atom stereocenters. The lowest BCUT2D eigenvalue weighted by molar-refractivity contribution is -0.126. The molecule has 126 valence electrons. The summed E-state index contributed by atoms with van der Waals surface area (Å²) >= 11 is 0. The van der Waals surface area contributed by atoms with Crippen molar-refractivity contribution in [2.75, 3.05) is 0 Å². The summed E-state index contributed by atoms with van der Waals surface area (Å²) in [6, 6.07) is 18.4. The number of carbonyl (C=O) groups is 2. The zero-order chi connectivity index (χ0) is 17.6. The number of benzene rings is 2. The maximum atomic E-state index is 12.4. The van der Waals surface area contributed by atoms with Crippen molar-refractivity contribution in [3.8, 4) is 6.07 Å². The van der Waals surface area contributed by atoms with Crippen molar-refractivity contribution in [2.24, 2.45) is 0 Å². The molecule has 1 saturated heterocycles. The lowest BCUT2D eigenvalue weighted by atomic mass is 9.91. The number of hydrogen-bond acceptors (Lipinski definition) is 3. The number of amides is 2. The van der Waals surface area contributed by atoms with E-state index in [1.807, 2.05) is 30.3 Å². The van der Waals surface area contributed by atoms with Gasteiger partial charge in [-0.2, -0.15) is 5.26 Å². The highest BCUT2D eigenvalue weighted by Gasteiger charge is 2.30. The fourth-order valence-electron chi connectivity index (χ4n) is 3.07. The average Bonchev–Trinajstić information content (AvgIpc) is 2.64. The maximum absolute atomic E-state index is 12.4. The van der Waals surface area contributed by atoms with Crippen LogP contribution in [0.5, 0.6) is 0 Å². The van der Waals surface area contributed by atoms with E-state index < -0.39 is 0 Å². The molecule has 2 amide bonds. The Morgan fingerprint density at radius 2 is 1.88 bits per heavy atom. The van der Waals surface area contributed by atoms with Gasteiger partial charge in [0.15, 0.2) is 0 Å². The van der Waals surface area contributed by atoms with Gasteiger partial charge in [-0.1, -0.05) is 42.5 Å². The van der Waals surface area contributed by atoms with Crippen LogP contribution in [-0.2, 0) is 16.0 Å². The summed E-state index contributed by atoms with van der Waals surface area (Å²) in [4.78, 5) is 24.2. The molecule has 5 heteroatoms. The monoisotopic (exact) mass is 333 g/mol. The van der Waals surface area contributed by atoms with Gasteiger partial charge in [0.05, 0.1) is 30.1 Å². The van der Waals surface area contributed by atoms with Crippen LogP contribution in [0.1, 0.15) is 35.6 Å². The fourth-order valence-corrected chi connectivity index (χ4v) is 3.07. The van der Waals surface area contributed by atoms with E-state index in [0.717, 1.165) is 11.1 Å². The highest BCUT2D eigenvalue weighted by Crippen LogP contribution is 2.24. The first-order chi connectivity index (χ1) is 12.2. The Bertz CT molecular complexity index is 794. The molecule has 1 heterocycles. The number of carbonyl (C=O) groups excluding carboxylic acids is 2. The van der Waals surface area contributed by atoms with Crippen LogP contribution in [0.2, 0.25) is 0 Å². The summed E-state index contributed by atoms with van der Waals surface area (Å²) in [5.74, 6) is -0.0850. The third kappa shape index (κ3) is 4.24. The summed E-state index contributed by atoms with van der Waals surface area (Å²) in [5, 5.41) is 14.8. The Morgan fingerprint density at radius 1 is 1.16 bits per heavy atom. The third-order valence-corrected chi connectivity index (χ3v) is 4.35. The van der Waals surface area contributed by atoms with Crippen molar-refractivity contribution in [1.82, 2.24) is 10.6 Å². The second-order valence-electron chi connectivity index (χ2n) is 6.15. The van der Waals surface area contributed by atoms with Crippen molar-refractivity contribution in [2.45, 2.75) is 31.3 Å². The molecule has 0 aromatic heterocycles. The first-order valence-corrected chi connectivity index (χ1v) is 8.28. The van der Waals surface area contributed by atoms with Crippen LogP contribution in [0.25, 0.3) is 0 Å². The van der Waals surface area contributed by atoms with Gasteiger partial charge in [-0.05, 0) is 29.7 Å². The standard InChI is InChI=1S/C20H19N3O2/c21-13-15-8-6-14(7-9-15)12-19(25)22-17-10-11-18(24)23-20(17)16-4-2-1-3-5-16/h1-9,17,20H,10-12H2,(H,22,25)(H,23,24)/t17-,20+/m1/s1. The highest BCUT2D eigenvalue weighted by molar-refractivity contribution is 5.81. The van der Waals surface area contributed by atoms with Crippen LogP contribution in [0.15, 0.2) is 54.6 Å². The molecule has 2 atom stereocenters. The van der Waals surface area contributed by atoms with Gasteiger partial charge in [-0.25, -0.2) is 0 Å². The molecule has 2 aromatic rings. The zero-order valence-corrected chi connectivity index (χ0v) is 13.7. The molecule has 0 aliphatic carbocycles. The largest absolute Gasteiger partial charge is 0.351 e. The topological polar surface area (TPSA) is 82.0 Å². The number of nitrogens with zero attached hydrogens (tertiary/aromatic N) is 1. The minimum Gasteiger partial charge on any atom is -0.351 e. The van der Waals surface area contributed by atoms with E-state index in [-0.39, 0.29) is 30.3 Å². The van der Waals surface area contributed by atoms with Crippen LogP contribution < -0.4 is 10.6 Å². The number of nitriles is 1. The third-order valence-electron chi connectivity index (χ3n) is 4.35. The molecule has 25 heavy (non-hydrogen) atoms. The second-order valence-corrected chi connectivity index (χ2v) is 6.15. The quantitative estimate of drug-likeness (QED) is 0.900. The van der Waals surface area contributed by atoms with Crippen molar-refractivity contribution >= 4 is 11.8 Å². The molecule has 2 aromatic carbocycles. The summed E-state index contributed by atoms with van der Waals surface area (Å²) in [6.45, 7) is 0. The molecule has 3 rings (SSSR count). The lowest BCUT2D eigenvalue weighted by Gasteiger charge is -2.33.